The number of ether oxygens (including phenoxy) is 4. The van der Waals surface area contributed by atoms with Gasteiger partial charge in [-0.3, -0.25) is 37.3 Å². The Hall–Kier alpha value is -3.76. The summed E-state index contributed by atoms with van der Waals surface area (Å²) in [7, 11) is -9.96. The molecule has 98 heavy (non-hydrogen) atoms. The van der Waals surface area contributed by atoms with E-state index in [2.05, 4.69) is 101 Å². The van der Waals surface area contributed by atoms with Gasteiger partial charge in [0.05, 0.1) is 26.4 Å². The minimum absolute atomic E-state index is 0.0744. The molecule has 0 amide bonds. The normalized spacial score (nSPS) is 14.4. The number of esters is 4. The zero-order valence-corrected chi connectivity index (χ0v) is 63.7. The van der Waals surface area contributed by atoms with E-state index in [1.807, 2.05) is 12.2 Å². The summed E-state index contributed by atoms with van der Waals surface area (Å²) >= 11 is 0. The number of aliphatic hydroxyl groups excluding tert-OH is 1. The molecule has 0 aliphatic carbocycles. The van der Waals surface area contributed by atoms with Gasteiger partial charge in [-0.1, -0.05) is 280 Å². The Kier molecular flexibility index (Phi) is 68.9. The number of carbonyl (C=O) groups is 4. The van der Waals surface area contributed by atoms with E-state index in [4.69, 9.17) is 37.0 Å². The van der Waals surface area contributed by atoms with Crippen LogP contribution < -0.4 is 0 Å². The molecular weight excluding hydrogens is 1280 g/mol. The molecule has 0 aromatic rings. The number of unbranched alkanes of at least 4 members (excludes halogenated alkanes) is 34. The zero-order valence-electron chi connectivity index (χ0n) is 62.0. The van der Waals surface area contributed by atoms with Crippen LogP contribution in [0.2, 0.25) is 0 Å². The van der Waals surface area contributed by atoms with E-state index in [9.17, 15) is 43.2 Å². The molecule has 0 saturated heterocycles. The molecule has 0 bridgehead atoms. The van der Waals surface area contributed by atoms with Gasteiger partial charge in [0.25, 0.3) is 0 Å². The summed E-state index contributed by atoms with van der Waals surface area (Å²) in [5.41, 5.74) is 0. The first-order chi connectivity index (χ1) is 47.7. The first kappa shape index (κ1) is 94.2. The molecule has 0 rings (SSSR count). The van der Waals surface area contributed by atoms with Gasteiger partial charge in [0.15, 0.2) is 12.2 Å². The van der Waals surface area contributed by atoms with Crippen LogP contribution >= 0.6 is 15.6 Å². The first-order valence-corrected chi connectivity index (χ1v) is 41.8. The van der Waals surface area contributed by atoms with Crippen LogP contribution in [-0.4, -0.2) is 96.7 Å². The number of allylic oxidation sites excluding steroid dienone is 14. The maximum Gasteiger partial charge on any atom is 0.472 e. The van der Waals surface area contributed by atoms with Gasteiger partial charge in [-0.2, -0.15) is 0 Å². The fourth-order valence-electron chi connectivity index (χ4n) is 10.4. The Labute approximate surface area is 595 Å². The molecule has 0 aliphatic rings. The molecule has 0 fully saturated rings. The molecule has 17 nitrogen and oxygen atoms in total. The molecule has 0 radical (unpaired) electrons. The smallest absolute Gasteiger partial charge is 0.462 e. The highest BCUT2D eigenvalue weighted by Crippen LogP contribution is 2.45. The predicted octanol–water partition coefficient (Wildman–Crippen LogP) is 22.2. The molecule has 0 heterocycles. The highest BCUT2D eigenvalue weighted by atomic mass is 31.2. The van der Waals surface area contributed by atoms with Gasteiger partial charge in [-0.05, 0) is 116 Å². The van der Waals surface area contributed by atoms with E-state index < -0.39 is 97.5 Å². The number of hydrogen-bond acceptors (Lipinski definition) is 15. The summed E-state index contributed by atoms with van der Waals surface area (Å²) < 4.78 is 68.4. The minimum atomic E-state index is -4.98. The summed E-state index contributed by atoms with van der Waals surface area (Å²) in [4.78, 5) is 72.8. The summed E-state index contributed by atoms with van der Waals surface area (Å²) in [5.74, 6) is -2.25. The van der Waals surface area contributed by atoms with Crippen LogP contribution in [0.5, 0.6) is 0 Å². The zero-order chi connectivity index (χ0) is 71.8. The molecule has 568 valence electrons. The Morgan fingerprint density at radius 2 is 0.541 bits per heavy atom. The van der Waals surface area contributed by atoms with Crippen molar-refractivity contribution in [3.8, 4) is 0 Å². The molecule has 0 saturated carbocycles. The Bertz CT molecular complexity index is 2190. The van der Waals surface area contributed by atoms with E-state index in [1.165, 1.54) is 122 Å². The molecule has 0 spiro atoms. The van der Waals surface area contributed by atoms with Crippen molar-refractivity contribution in [3.05, 3.63) is 85.1 Å². The van der Waals surface area contributed by atoms with Gasteiger partial charge in [0.2, 0.25) is 0 Å². The van der Waals surface area contributed by atoms with Crippen LogP contribution in [0.4, 0.5) is 0 Å². The second-order valence-corrected chi connectivity index (χ2v) is 28.9. The van der Waals surface area contributed by atoms with Crippen LogP contribution in [0.25, 0.3) is 0 Å². The molecule has 5 atom stereocenters. The van der Waals surface area contributed by atoms with E-state index in [0.717, 1.165) is 128 Å². The number of rotatable bonds is 73. The Morgan fingerprint density at radius 3 is 0.908 bits per heavy atom. The van der Waals surface area contributed by atoms with Crippen LogP contribution in [0.15, 0.2) is 85.1 Å². The molecule has 0 aromatic heterocycles. The largest absolute Gasteiger partial charge is 0.472 e. The highest BCUT2D eigenvalue weighted by Gasteiger charge is 2.30. The molecule has 0 aliphatic heterocycles. The number of aliphatic hydroxyl groups is 1. The lowest BCUT2D eigenvalue weighted by atomic mass is 10.0. The minimum Gasteiger partial charge on any atom is -0.462 e. The Balaban J connectivity index is 5.38. The van der Waals surface area contributed by atoms with Gasteiger partial charge in [-0.15, -0.1) is 0 Å². The van der Waals surface area contributed by atoms with E-state index >= 15 is 0 Å². The maximum atomic E-state index is 13.1. The average molecular weight is 1420 g/mol. The number of phosphoric acid groups is 2. The van der Waals surface area contributed by atoms with E-state index in [-0.39, 0.29) is 25.7 Å². The van der Waals surface area contributed by atoms with E-state index in [0.29, 0.717) is 32.1 Å². The fourth-order valence-corrected chi connectivity index (χ4v) is 12.0. The number of carbonyl (C=O) groups excluding carboxylic acids is 4. The third kappa shape index (κ3) is 70.7. The van der Waals surface area contributed by atoms with Crippen molar-refractivity contribution in [1.82, 2.24) is 0 Å². The van der Waals surface area contributed by atoms with Crippen molar-refractivity contribution in [2.24, 2.45) is 0 Å². The second-order valence-electron chi connectivity index (χ2n) is 26.0. The SMILES string of the molecule is CCCCC/C=C\C/C=C\C/C=C\C/C=C\CCCC(=O)OC[C@H](COP(=O)(O)OC[C@H](O)COP(=O)(O)OC[C@@H](COC(=O)CCCCCCC/C=C\C=C/CCCCCC)OC(=O)CCCCCCCCCCCCCCC)OC(=O)CCCCCCC/C=C\CCCCCC. The van der Waals surface area contributed by atoms with Crippen molar-refractivity contribution >= 4 is 39.5 Å². The van der Waals surface area contributed by atoms with Gasteiger partial charge < -0.3 is 33.8 Å². The summed E-state index contributed by atoms with van der Waals surface area (Å²) in [5, 5.41) is 10.6. The van der Waals surface area contributed by atoms with Gasteiger partial charge >= 0.3 is 39.5 Å². The highest BCUT2D eigenvalue weighted by molar-refractivity contribution is 7.47. The van der Waals surface area contributed by atoms with Crippen LogP contribution in [-0.2, 0) is 65.4 Å². The number of hydrogen-bond donors (Lipinski definition) is 3. The van der Waals surface area contributed by atoms with Crippen molar-refractivity contribution in [3.63, 3.8) is 0 Å². The molecule has 0 aromatic carbocycles. The average Bonchev–Trinajstić information content (AvgIpc) is 0.969. The van der Waals surface area contributed by atoms with Crippen molar-refractivity contribution < 1.29 is 80.2 Å². The lowest BCUT2D eigenvalue weighted by Crippen LogP contribution is -2.30. The van der Waals surface area contributed by atoms with Crippen molar-refractivity contribution in [2.75, 3.05) is 39.6 Å². The van der Waals surface area contributed by atoms with Gasteiger partial charge in [0.1, 0.15) is 19.3 Å². The van der Waals surface area contributed by atoms with Gasteiger partial charge in [0, 0.05) is 25.7 Å². The maximum absolute atomic E-state index is 13.1. The van der Waals surface area contributed by atoms with Crippen molar-refractivity contribution in [1.29, 1.82) is 0 Å². The molecule has 3 N–H and O–H groups in total. The van der Waals surface area contributed by atoms with Crippen molar-refractivity contribution in [2.45, 2.75) is 354 Å². The molecular formula is C79H140O17P2. The topological polar surface area (TPSA) is 237 Å². The molecule has 19 heteroatoms. The monoisotopic (exact) mass is 1420 g/mol. The van der Waals surface area contributed by atoms with Crippen LogP contribution in [0, 0.1) is 0 Å². The summed E-state index contributed by atoms with van der Waals surface area (Å²) in [6, 6.07) is 0. The first-order valence-electron chi connectivity index (χ1n) is 38.8. The second kappa shape index (κ2) is 71.6. The quantitative estimate of drug-likeness (QED) is 0.0128. The van der Waals surface area contributed by atoms with E-state index in [1.54, 1.807) is 0 Å². The fraction of sp³-hybridized carbons (Fsp3) is 0.772. The summed E-state index contributed by atoms with van der Waals surface area (Å²) in [6.07, 6.45) is 72.9. The lowest BCUT2D eigenvalue weighted by Gasteiger charge is -2.21. The van der Waals surface area contributed by atoms with Gasteiger partial charge in [-0.25, -0.2) is 9.13 Å². The molecule has 2 unspecified atom stereocenters. The standard InChI is InChI=1S/C79H140O17P2/c1-5-9-13-17-21-25-29-33-35-36-38-42-44-48-52-56-60-64-77(82)90-70-75(96-79(84)66-62-58-54-50-46-40-32-28-24-20-16-12-8-4)72-94-98(87,88)92-68-73(80)67-91-97(85,86)93-71-74(95-78(83)65-61-57-53-49-45-39-31-27-23-19-15-11-7-3)69-89-76(81)63-59-55-51-47-43-41-37-34-30-26-22-18-14-10-6-2/h21,25-26,28,30,32-35,37-38,42,48,52,73-75,80H,5-20,22-24,27,29,31,36,39-41,43-47,49-51,53-72H2,1-4H3,(H,85,86)(H,87,88)/b25-21-,30-26-,32-28-,35-33-,37-34-,42-38-,52-48-/t73-,74-,75-/m1/s1. The summed E-state index contributed by atoms with van der Waals surface area (Å²) in [6.45, 7) is 4.75. The lowest BCUT2D eigenvalue weighted by molar-refractivity contribution is -0.161. The van der Waals surface area contributed by atoms with Crippen LogP contribution in [0.3, 0.4) is 0 Å². The predicted molar refractivity (Wildman–Crippen MR) is 399 cm³/mol. The third-order valence-electron chi connectivity index (χ3n) is 16.4. The van der Waals surface area contributed by atoms with Crippen LogP contribution in [0.1, 0.15) is 336 Å². The Morgan fingerprint density at radius 1 is 0.296 bits per heavy atom. The third-order valence-corrected chi connectivity index (χ3v) is 18.3. The number of phosphoric ester groups is 2.